The molecule has 0 aliphatic rings. The Balaban J connectivity index is 3.49. The summed E-state index contributed by atoms with van der Waals surface area (Å²) in [5.74, 6) is -0.0758. The highest BCUT2D eigenvalue weighted by molar-refractivity contribution is 5.90. The third kappa shape index (κ3) is 4.68. The molecule has 0 heterocycles. The molecular weight excluding hydrogens is 116 g/mol. The van der Waals surface area contributed by atoms with Gasteiger partial charge in [-0.2, -0.15) is 0 Å². The van der Waals surface area contributed by atoms with Gasteiger partial charge in [-0.15, -0.1) is 0 Å². The molecule has 0 radical (unpaired) electrons. The number of ketones is 1. The molecule has 48 valence electrons. The minimum absolute atomic E-state index is 0.0758. The van der Waals surface area contributed by atoms with E-state index in [1.165, 1.54) is 18.2 Å². The molecule has 0 aliphatic heterocycles. The van der Waals surface area contributed by atoms with Gasteiger partial charge in [0.1, 0.15) is 6.29 Å². The lowest BCUT2D eigenvalue weighted by atomic mass is 10.3. The molecular formula is C7H8O2. The minimum Gasteiger partial charge on any atom is -0.299 e. The fourth-order valence-corrected chi connectivity index (χ4v) is 0.323. The van der Waals surface area contributed by atoms with Crippen LogP contribution in [0.15, 0.2) is 24.8 Å². The van der Waals surface area contributed by atoms with Crippen molar-refractivity contribution in [2.45, 2.75) is 6.42 Å². The molecule has 0 spiro atoms. The highest BCUT2D eigenvalue weighted by Gasteiger charge is 1.86. The maximum absolute atomic E-state index is 10.4. The van der Waals surface area contributed by atoms with Crippen molar-refractivity contribution in [2.75, 3.05) is 0 Å². The van der Waals surface area contributed by atoms with E-state index in [0.29, 0.717) is 6.29 Å². The maximum Gasteiger partial charge on any atom is 0.158 e. The van der Waals surface area contributed by atoms with Gasteiger partial charge in [0.25, 0.3) is 0 Å². The van der Waals surface area contributed by atoms with Gasteiger partial charge in [-0.05, 0) is 12.2 Å². The Morgan fingerprint density at radius 1 is 1.56 bits per heavy atom. The zero-order valence-electron chi connectivity index (χ0n) is 5.04. The van der Waals surface area contributed by atoms with Crippen molar-refractivity contribution in [2.24, 2.45) is 0 Å². The van der Waals surface area contributed by atoms with E-state index < -0.39 is 0 Å². The summed E-state index contributed by atoms with van der Waals surface area (Å²) in [5.41, 5.74) is 0. The van der Waals surface area contributed by atoms with E-state index in [1.54, 1.807) is 0 Å². The van der Waals surface area contributed by atoms with Gasteiger partial charge in [-0.25, -0.2) is 0 Å². The third-order valence-corrected chi connectivity index (χ3v) is 0.761. The topological polar surface area (TPSA) is 34.1 Å². The van der Waals surface area contributed by atoms with Gasteiger partial charge >= 0.3 is 0 Å². The highest BCUT2D eigenvalue weighted by Crippen LogP contribution is 1.84. The van der Waals surface area contributed by atoms with E-state index >= 15 is 0 Å². The molecule has 0 aliphatic carbocycles. The van der Waals surface area contributed by atoms with Crippen LogP contribution in [0.1, 0.15) is 6.42 Å². The number of aldehydes is 1. The van der Waals surface area contributed by atoms with Crippen molar-refractivity contribution in [3.8, 4) is 0 Å². The van der Waals surface area contributed by atoms with Gasteiger partial charge < -0.3 is 0 Å². The molecule has 0 saturated heterocycles. The quantitative estimate of drug-likeness (QED) is 0.412. The second-order valence-corrected chi connectivity index (χ2v) is 1.44. The van der Waals surface area contributed by atoms with Crippen molar-refractivity contribution < 1.29 is 9.59 Å². The average Bonchev–Trinajstić information content (AvgIpc) is 1.89. The molecule has 0 aromatic heterocycles. The Hall–Kier alpha value is -1.18. The van der Waals surface area contributed by atoms with Crippen LogP contribution in [0.3, 0.4) is 0 Å². The molecule has 9 heavy (non-hydrogen) atoms. The summed E-state index contributed by atoms with van der Waals surface area (Å²) in [6, 6.07) is 0. The van der Waals surface area contributed by atoms with Crippen molar-refractivity contribution >= 4 is 12.1 Å². The fraction of sp³-hybridized carbons (Fsp3) is 0.143. The van der Waals surface area contributed by atoms with E-state index in [1.807, 2.05) is 0 Å². The molecule has 0 atom stereocenters. The van der Waals surface area contributed by atoms with Gasteiger partial charge in [0.2, 0.25) is 0 Å². The normalized spacial score (nSPS) is 9.33. The van der Waals surface area contributed by atoms with Crippen molar-refractivity contribution in [1.82, 2.24) is 0 Å². The largest absolute Gasteiger partial charge is 0.299 e. The number of allylic oxidation sites excluding steroid dienone is 3. The Morgan fingerprint density at radius 3 is 2.67 bits per heavy atom. The van der Waals surface area contributed by atoms with E-state index in [2.05, 4.69) is 6.58 Å². The van der Waals surface area contributed by atoms with E-state index in [0.717, 1.165) is 0 Å². The molecule has 2 nitrogen and oxygen atoms in total. The zero-order chi connectivity index (χ0) is 7.11. The summed E-state index contributed by atoms with van der Waals surface area (Å²) in [6.45, 7) is 3.27. The predicted molar refractivity (Wildman–Crippen MR) is 35.0 cm³/mol. The summed E-state index contributed by atoms with van der Waals surface area (Å²) >= 11 is 0. The summed E-state index contributed by atoms with van der Waals surface area (Å²) in [7, 11) is 0. The van der Waals surface area contributed by atoms with Gasteiger partial charge in [0, 0.05) is 6.42 Å². The van der Waals surface area contributed by atoms with Crippen LogP contribution in [0.4, 0.5) is 0 Å². The molecule has 0 fully saturated rings. The average molecular weight is 124 g/mol. The van der Waals surface area contributed by atoms with Crippen LogP contribution < -0.4 is 0 Å². The molecule has 0 bridgehead atoms. The van der Waals surface area contributed by atoms with Crippen LogP contribution in [-0.4, -0.2) is 12.1 Å². The molecule has 2 heteroatoms. The molecule has 0 saturated carbocycles. The lowest BCUT2D eigenvalue weighted by Crippen LogP contribution is -1.86. The number of carbonyl (C=O) groups is 2. The first-order valence-electron chi connectivity index (χ1n) is 2.57. The van der Waals surface area contributed by atoms with Crippen LogP contribution in [-0.2, 0) is 9.59 Å². The molecule has 0 aromatic carbocycles. The number of hydrogen-bond acceptors (Lipinski definition) is 2. The second kappa shape index (κ2) is 4.97. The Bertz CT molecular complexity index is 145. The maximum atomic E-state index is 10.4. The van der Waals surface area contributed by atoms with E-state index in [4.69, 9.17) is 0 Å². The first-order valence-corrected chi connectivity index (χ1v) is 2.57. The zero-order valence-corrected chi connectivity index (χ0v) is 5.04. The lowest BCUT2D eigenvalue weighted by molar-refractivity contribution is -0.113. The van der Waals surface area contributed by atoms with Crippen molar-refractivity contribution in [3.05, 3.63) is 24.8 Å². The number of hydrogen-bond donors (Lipinski definition) is 0. The minimum atomic E-state index is -0.0758. The van der Waals surface area contributed by atoms with Crippen molar-refractivity contribution in [3.63, 3.8) is 0 Å². The molecule has 0 amide bonds. The Kier molecular flexibility index (Phi) is 4.32. The predicted octanol–water partition coefficient (Wildman–Crippen LogP) is 0.887. The second-order valence-electron chi connectivity index (χ2n) is 1.44. The summed E-state index contributed by atoms with van der Waals surface area (Å²) in [6.07, 6.45) is 4.92. The lowest BCUT2D eigenvalue weighted by Gasteiger charge is -1.80. The Labute approximate surface area is 53.9 Å². The molecule has 0 N–H and O–H groups in total. The standard InChI is InChI=1S/C7H8O2/c1-2-7(9)5-3-4-6-8/h2-4,6H,1,5H2. The van der Waals surface area contributed by atoms with Gasteiger partial charge in [-0.3, -0.25) is 9.59 Å². The van der Waals surface area contributed by atoms with Crippen LogP contribution >= 0.6 is 0 Å². The van der Waals surface area contributed by atoms with Crippen LogP contribution in [0.2, 0.25) is 0 Å². The van der Waals surface area contributed by atoms with Crippen molar-refractivity contribution in [1.29, 1.82) is 0 Å². The summed E-state index contributed by atoms with van der Waals surface area (Å²) in [4.78, 5) is 20.1. The fourth-order valence-electron chi connectivity index (χ4n) is 0.323. The van der Waals surface area contributed by atoms with Crippen LogP contribution in [0.25, 0.3) is 0 Å². The summed E-state index contributed by atoms with van der Waals surface area (Å²) < 4.78 is 0. The van der Waals surface area contributed by atoms with Gasteiger partial charge in [0.05, 0.1) is 0 Å². The monoisotopic (exact) mass is 124 g/mol. The third-order valence-electron chi connectivity index (χ3n) is 0.761. The smallest absolute Gasteiger partial charge is 0.158 e. The SMILES string of the molecule is C=CC(=O)CC=CC=O. The molecule has 0 aromatic rings. The van der Waals surface area contributed by atoms with Gasteiger partial charge in [0.15, 0.2) is 5.78 Å². The molecule has 0 rings (SSSR count). The van der Waals surface area contributed by atoms with Crippen LogP contribution in [0, 0.1) is 0 Å². The first kappa shape index (κ1) is 7.82. The van der Waals surface area contributed by atoms with E-state index in [-0.39, 0.29) is 12.2 Å². The first-order chi connectivity index (χ1) is 4.31. The Morgan fingerprint density at radius 2 is 2.22 bits per heavy atom. The van der Waals surface area contributed by atoms with Crippen LogP contribution in [0.5, 0.6) is 0 Å². The number of carbonyl (C=O) groups excluding carboxylic acids is 2. The summed E-state index contributed by atoms with van der Waals surface area (Å²) in [5, 5.41) is 0. The van der Waals surface area contributed by atoms with E-state index in [9.17, 15) is 9.59 Å². The highest BCUT2D eigenvalue weighted by atomic mass is 16.1. The molecule has 0 unspecified atom stereocenters. The van der Waals surface area contributed by atoms with Gasteiger partial charge in [-0.1, -0.05) is 12.7 Å². The number of rotatable bonds is 4.